The first-order valence-electron chi connectivity index (χ1n) is 4.67. The minimum Gasteiger partial charge on any atom is -0.384 e. The van der Waals surface area contributed by atoms with E-state index in [1.54, 1.807) is 0 Å². The van der Waals surface area contributed by atoms with Crippen molar-refractivity contribution in [3.8, 4) is 11.1 Å². The lowest BCUT2D eigenvalue weighted by molar-refractivity contribution is -0.140. The summed E-state index contributed by atoms with van der Waals surface area (Å²) in [4.78, 5) is 0. The number of benzene rings is 1. The van der Waals surface area contributed by atoms with Crippen molar-refractivity contribution in [1.82, 2.24) is 10.2 Å². The second-order valence-electron chi connectivity index (χ2n) is 3.46. The van der Waals surface area contributed by atoms with Crippen LogP contribution in [0.4, 0.5) is 27.8 Å². The van der Waals surface area contributed by atoms with E-state index < -0.39 is 40.4 Å². The van der Waals surface area contributed by atoms with Crippen LogP contribution in [0, 0.1) is 11.6 Å². The second kappa shape index (κ2) is 3.97. The van der Waals surface area contributed by atoms with Crippen molar-refractivity contribution in [2.75, 3.05) is 5.73 Å². The number of aromatic amines is 1. The Morgan fingerprint density at radius 1 is 1.06 bits per heavy atom. The number of aromatic nitrogens is 2. The lowest BCUT2D eigenvalue weighted by Gasteiger charge is -2.08. The lowest BCUT2D eigenvalue weighted by Crippen LogP contribution is -2.08. The number of anilines is 1. The zero-order valence-corrected chi connectivity index (χ0v) is 8.65. The fourth-order valence-electron chi connectivity index (χ4n) is 1.55. The molecule has 0 aliphatic heterocycles. The molecule has 0 radical (unpaired) electrons. The first-order chi connectivity index (χ1) is 8.32. The summed E-state index contributed by atoms with van der Waals surface area (Å²) in [5.74, 6) is -2.84. The highest BCUT2D eigenvalue weighted by Crippen LogP contribution is 2.40. The molecule has 1 aromatic carbocycles. The second-order valence-corrected chi connectivity index (χ2v) is 3.46. The van der Waals surface area contributed by atoms with E-state index in [0.29, 0.717) is 0 Å². The minimum atomic E-state index is -4.86. The number of hydrogen-bond donors (Lipinski definition) is 2. The van der Waals surface area contributed by atoms with Crippen LogP contribution in [-0.4, -0.2) is 10.2 Å². The number of alkyl halides is 3. The maximum atomic E-state index is 13.5. The van der Waals surface area contributed by atoms with E-state index in [1.165, 1.54) is 0 Å². The van der Waals surface area contributed by atoms with Gasteiger partial charge in [0.15, 0.2) is 5.69 Å². The maximum Gasteiger partial charge on any atom is 0.435 e. The summed E-state index contributed by atoms with van der Waals surface area (Å²) in [5, 5.41) is 4.81. The van der Waals surface area contributed by atoms with Crippen molar-refractivity contribution in [2.24, 2.45) is 0 Å². The molecule has 0 unspecified atom stereocenters. The van der Waals surface area contributed by atoms with Gasteiger partial charge in [-0.15, -0.1) is 0 Å². The minimum absolute atomic E-state index is 0.550. The predicted octanol–water partition coefficient (Wildman–Crippen LogP) is 2.96. The molecule has 2 rings (SSSR count). The number of nitrogens with one attached hydrogen (secondary N) is 1. The summed E-state index contributed by atoms with van der Waals surface area (Å²) in [7, 11) is 0. The van der Waals surface area contributed by atoms with Crippen molar-refractivity contribution >= 4 is 5.82 Å². The van der Waals surface area contributed by atoms with Crippen molar-refractivity contribution in [2.45, 2.75) is 6.18 Å². The molecule has 18 heavy (non-hydrogen) atoms. The third kappa shape index (κ3) is 1.89. The third-order valence-electron chi connectivity index (χ3n) is 2.28. The zero-order valence-electron chi connectivity index (χ0n) is 8.65. The van der Waals surface area contributed by atoms with Crippen molar-refractivity contribution in [3.05, 3.63) is 35.5 Å². The molecular formula is C10H6F5N3. The van der Waals surface area contributed by atoms with Crippen LogP contribution in [0.2, 0.25) is 0 Å². The number of halogens is 5. The predicted molar refractivity (Wildman–Crippen MR) is 53.4 cm³/mol. The molecule has 1 heterocycles. The molecule has 0 bridgehead atoms. The number of nitrogens with zero attached hydrogens (tertiary/aromatic N) is 1. The van der Waals surface area contributed by atoms with E-state index in [2.05, 4.69) is 5.10 Å². The molecule has 0 aliphatic carbocycles. The summed E-state index contributed by atoms with van der Waals surface area (Å²) >= 11 is 0. The standard InChI is InChI=1S/C10H6F5N3/c11-4-2-1-3-5(12)6(4)7-8(10(13,14)15)17-18-9(7)16/h1-3H,(H3,16,17,18). The van der Waals surface area contributed by atoms with Crippen LogP contribution < -0.4 is 5.73 Å². The molecule has 0 aliphatic rings. The quantitative estimate of drug-likeness (QED) is 0.777. The number of nitrogens with two attached hydrogens (primary N) is 1. The average Bonchev–Trinajstić information content (AvgIpc) is 2.60. The van der Waals surface area contributed by atoms with Crippen molar-refractivity contribution in [1.29, 1.82) is 0 Å². The summed E-state index contributed by atoms with van der Waals surface area (Å²) in [5.41, 5.74) is 2.13. The van der Waals surface area contributed by atoms with Crippen molar-refractivity contribution < 1.29 is 22.0 Å². The Morgan fingerprint density at radius 3 is 2.11 bits per heavy atom. The Balaban J connectivity index is 2.76. The highest BCUT2D eigenvalue weighted by Gasteiger charge is 2.39. The first kappa shape index (κ1) is 12.3. The van der Waals surface area contributed by atoms with Gasteiger partial charge in [-0.2, -0.15) is 18.3 Å². The fourth-order valence-corrected chi connectivity index (χ4v) is 1.55. The molecular weight excluding hydrogens is 257 g/mol. The normalized spacial score (nSPS) is 11.8. The average molecular weight is 263 g/mol. The van der Waals surface area contributed by atoms with E-state index in [0.717, 1.165) is 18.2 Å². The van der Waals surface area contributed by atoms with Gasteiger partial charge in [0.25, 0.3) is 0 Å². The molecule has 1 aromatic heterocycles. The van der Waals surface area contributed by atoms with Gasteiger partial charge in [-0.25, -0.2) is 8.78 Å². The van der Waals surface area contributed by atoms with Gasteiger partial charge in [0.05, 0.1) is 11.1 Å². The fraction of sp³-hybridized carbons (Fsp3) is 0.100. The largest absolute Gasteiger partial charge is 0.435 e. The summed E-state index contributed by atoms with van der Waals surface area (Å²) in [6, 6.07) is 2.72. The Labute approximate surface area is 97.4 Å². The number of H-pyrrole nitrogens is 1. The van der Waals surface area contributed by atoms with Gasteiger partial charge in [-0.05, 0) is 12.1 Å². The van der Waals surface area contributed by atoms with Gasteiger partial charge in [0.1, 0.15) is 17.5 Å². The Morgan fingerprint density at radius 2 is 1.61 bits per heavy atom. The number of hydrogen-bond acceptors (Lipinski definition) is 2. The van der Waals surface area contributed by atoms with Crippen LogP contribution >= 0.6 is 0 Å². The molecule has 3 nitrogen and oxygen atoms in total. The Hall–Kier alpha value is -2.12. The van der Waals surface area contributed by atoms with Crippen LogP contribution in [0.5, 0.6) is 0 Å². The van der Waals surface area contributed by atoms with Gasteiger partial charge >= 0.3 is 6.18 Å². The Kier molecular flexibility index (Phi) is 2.72. The lowest BCUT2D eigenvalue weighted by atomic mass is 10.0. The smallest absolute Gasteiger partial charge is 0.384 e. The molecule has 96 valence electrons. The number of nitrogen functional groups attached to an aromatic ring is 1. The van der Waals surface area contributed by atoms with Crippen LogP contribution in [0.1, 0.15) is 5.69 Å². The highest BCUT2D eigenvalue weighted by molar-refractivity contribution is 5.77. The zero-order chi connectivity index (χ0) is 13.5. The maximum absolute atomic E-state index is 13.5. The molecule has 0 saturated heterocycles. The third-order valence-corrected chi connectivity index (χ3v) is 2.28. The van der Waals surface area contributed by atoms with Gasteiger partial charge in [0, 0.05) is 0 Å². The van der Waals surface area contributed by atoms with Crippen LogP contribution in [0.15, 0.2) is 18.2 Å². The molecule has 0 atom stereocenters. The highest BCUT2D eigenvalue weighted by atomic mass is 19.4. The van der Waals surface area contributed by atoms with Gasteiger partial charge in [-0.1, -0.05) is 6.07 Å². The molecule has 0 fully saturated rings. The molecule has 0 saturated carbocycles. The molecule has 8 heteroatoms. The Bertz CT molecular complexity index is 567. The van der Waals surface area contributed by atoms with E-state index in [4.69, 9.17) is 5.73 Å². The van der Waals surface area contributed by atoms with Crippen molar-refractivity contribution in [3.63, 3.8) is 0 Å². The number of rotatable bonds is 1. The van der Waals surface area contributed by atoms with E-state index in [9.17, 15) is 22.0 Å². The molecule has 3 N–H and O–H groups in total. The van der Waals surface area contributed by atoms with E-state index >= 15 is 0 Å². The van der Waals surface area contributed by atoms with Crippen LogP contribution in [0.3, 0.4) is 0 Å². The first-order valence-corrected chi connectivity index (χ1v) is 4.67. The molecule has 0 amide bonds. The topological polar surface area (TPSA) is 54.7 Å². The summed E-state index contributed by atoms with van der Waals surface area (Å²) in [6.07, 6.45) is -4.86. The van der Waals surface area contributed by atoms with E-state index in [-0.39, 0.29) is 0 Å². The van der Waals surface area contributed by atoms with Gasteiger partial charge < -0.3 is 5.73 Å². The molecule has 2 aromatic rings. The summed E-state index contributed by atoms with van der Waals surface area (Å²) in [6.45, 7) is 0. The molecule has 0 spiro atoms. The van der Waals surface area contributed by atoms with Crippen LogP contribution in [0.25, 0.3) is 11.1 Å². The van der Waals surface area contributed by atoms with Gasteiger partial charge in [-0.3, -0.25) is 5.10 Å². The van der Waals surface area contributed by atoms with Crippen LogP contribution in [-0.2, 0) is 6.18 Å². The summed E-state index contributed by atoms with van der Waals surface area (Å²) < 4.78 is 64.8. The van der Waals surface area contributed by atoms with Gasteiger partial charge in [0.2, 0.25) is 0 Å². The monoisotopic (exact) mass is 263 g/mol. The SMILES string of the molecule is Nc1[nH]nc(C(F)(F)F)c1-c1c(F)cccc1F. The van der Waals surface area contributed by atoms with E-state index in [1.807, 2.05) is 5.10 Å².